The first-order valence-electron chi connectivity index (χ1n) is 15.0. The Hall–Kier alpha value is -2.11. The van der Waals surface area contributed by atoms with Crippen LogP contribution in [0.15, 0.2) is 35.4 Å². The molecule has 4 fully saturated rings. The summed E-state index contributed by atoms with van der Waals surface area (Å²) in [7, 11) is 1.69. The second-order valence-electron chi connectivity index (χ2n) is 13.1. The number of fused-ring (bicyclic) bond motifs is 5. The molecule has 0 bridgehead atoms. The van der Waals surface area contributed by atoms with Gasteiger partial charge in [-0.3, -0.25) is 9.69 Å². The molecule has 5 nitrogen and oxygen atoms in total. The van der Waals surface area contributed by atoms with Crippen molar-refractivity contribution in [1.82, 2.24) is 4.90 Å². The number of ether oxygens (including phenoxy) is 2. The Morgan fingerprint density at radius 3 is 2.63 bits per heavy atom. The topological polar surface area (TPSA) is 59.0 Å². The molecule has 0 aromatic heterocycles. The van der Waals surface area contributed by atoms with E-state index in [2.05, 4.69) is 37.0 Å². The fraction of sp³-hybridized carbons (Fsp3) is 0.667. The molecule has 4 aliphatic carbocycles. The van der Waals surface area contributed by atoms with Gasteiger partial charge < -0.3 is 14.6 Å². The van der Waals surface area contributed by atoms with E-state index in [1.807, 2.05) is 12.1 Å². The molecular weight excluding hydrogens is 474 g/mol. The lowest BCUT2D eigenvalue weighted by atomic mass is 9.48. The molecule has 5 aliphatic rings. The van der Waals surface area contributed by atoms with Crippen LogP contribution in [-0.2, 0) is 4.79 Å². The van der Waals surface area contributed by atoms with Gasteiger partial charge in [-0.1, -0.05) is 31.6 Å². The van der Waals surface area contributed by atoms with E-state index in [0.717, 1.165) is 74.1 Å². The maximum atomic E-state index is 13.9. The van der Waals surface area contributed by atoms with E-state index < -0.39 is 0 Å². The maximum absolute atomic E-state index is 13.9. The van der Waals surface area contributed by atoms with Crippen LogP contribution in [0.1, 0.15) is 77.2 Å². The minimum Gasteiger partial charge on any atom is -0.493 e. The first kappa shape index (κ1) is 26.1. The minimum atomic E-state index is -0.258. The van der Waals surface area contributed by atoms with Crippen LogP contribution < -0.4 is 9.47 Å². The number of hydrogen-bond acceptors (Lipinski definition) is 5. The van der Waals surface area contributed by atoms with Crippen LogP contribution in [0.4, 0.5) is 0 Å². The molecule has 3 saturated carbocycles. The van der Waals surface area contributed by atoms with E-state index in [-0.39, 0.29) is 16.9 Å². The number of aliphatic hydroxyl groups excluding tert-OH is 1. The van der Waals surface area contributed by atoms with E-state index in [1.54, 1.807) is 7.11 Å². The molecule has 1 aromatic carbocycles. The number of methoxy groups -OCH3 is 1. The number of allylic oxidation sites excluding steroid dienone is 2. The number of Topliss-reactive ketones (excluding diaryl/α,β-unsaturated/α-hetero) is 1. The number of nitrogens with zero attached hydrogens (tertiary/aromatic N) is 1. The molecule has 1 aromatic rings. The minimum absolute atomic E-state index is 0.179. The molecule has 1 aliphatic heterocycles. The summed E-state index contributed by atoms with van der Waals surface area (Å²) in [5.74, 6) is 3.42. The summed E-state index contributed by atoms with van der Waals surface area (Å²) in [4.78, 5) is 16.3. The zero-order chi connectivity index (χ0) is 26.5. The highest BCUT2D eigenvalue weighted by Crippen LogP contribution is 2.64. The molecule has 6 rings (SSSR count). The van der Waals surface area contributed by atoms with Crippen molar-refractivity contribution in [3.63, 3.8) is 0 Å². The van der Waals surface area contributed by atoms with Crippen LogP contribution in [0, 0.1) is 28.6 Å². The fourth-order valence-corrected chi connectivity index (χ4v) is 8.83. The summed E-state index contributed by atoms with van der Waals surface area (Å²) < 4.78 is 11.7. The molecule has 0 radical (unpaired) electrons. The second kappa shape index (κ2) is 10.1. The average molecular weight is 520 g/mol. The van der Waals surface area contributed by atoms with Gasteiger partial charge in [-0.2, -0.15) is 0 Å². The van der Waals surface area contributed by atoms with Crippen molar-refractivity contribution < 1.29 is 19.4 Å². The Balaban J connectivity index is 1.19. The zero-order valence-electron chi connectivity index (χ0n) is 23.5. The molecule has 1 heterocycles. The second-order valence-corrected chi connectivity index (χ2v) is 13.1. The standard InChI is InChI=1S/C33H45NO4/c1-32-12-10-25(35)21-24(32)7-8-26-27(32)11-13-33(2)28(26)20-23(31(33)36)18-22-6-9-29(30(19-22)37-3)38-17-16-34-14-4-5-15-34/h6-7,9,18-19,25-28,35H,4-5,8,10-17,20-21H2,1-3H3/b23-18-/t25-,26+,27-,28-,32-,33-/m0/s1. The third kappa shape index (κ3) is 4.44. The van der Waals surface area contributed by atoms with Crippen molar-refractivity contribution >= 4 is 11.9 Å². The third-order valence-electron chi connectivity index (χ3n) is 11.1. The molecule has 38 heavy (non-hydrogen) atoms. The first-order valence-corrected chi connectivity index (χ1v) is 15.0. The lowest BCUT2D eigenvalue weighted by Crippen LogP contribution is -2.50. The predicted octanol–water partition coefficient (Wildman–Crippen LogP) is 6.06. The van der Waals surface area contributed by atoms with Crippen LogP contribution in [0.5, 0.6) is 11.5 Å². The lowest BCUT2D eigenvalue weighted by molar-refractivity contribution is -0.130. The van der Waals surface area contributed by atoms with Gasteiger partial charge in [0.05, 0.1) is 13.2 Å². The van der Waals surface area contributed by atoms with E-state index in [9.17, 15) is 9.90 Å². The molecule has 0 spiro atoms. The van der Waals surface area contributed by atoms with Crippen LogP contribution in [0.2, 0.25) is 0 Å². The summed E-state index contributed by atoms with van der Waals surface area (Å²) in [5, 5.41) is 10.3. The number of ketones is 1. The summed E-state index contributed by atoms with van der Waals surface area (Å²) in [5.41, 5.74) is 3.40. The maximum Gasteiger partial charge on any atom is 0.165 e. The Morgan fingerprint density at radius 2 is 1.84 bits per heavy atom. The molecular formula is C33H45NO4. The van der Waals surface area contributed by atoms with Crippen LogP contribution in [0.25, 0.3) is 6.08 Å². The van der Waals surface area contributed by atoms with Gasteiger partial charge in [0.15, 0.2) is 17.3 Å². The van der Waals surface area contributed by atoms with Gasteiger partial charge >= 0.3 is 0 Å². The van der Waals surface area contributed by atoms with Crippen LogP contribution >= 0.6 is 0 Å². The van der Waals surface area contributed by atoms with Gasteiger partial charge in [-0.05, 0) is 123 Å². The first-order chi connectivity index (χ1) is 18.3. The van der Waals surface area contributed by atoms with Crippen LogP contribution in [-0.4, -0.2) is 55.2 Å². The monoisotopic (exact) mass is 519 g/mol. The van der Waals surface area contributed by atoms with E-state index in [4.69, 9.17) is 9.47 Å². The Morgan fingerprint density at radius 1 is 1.05 bits per heavy atom. The molecule has 206 valence electrons. The number of hydrogen-bond donors (Lipinski definition) is 1. The number of aliphatic hydroxyl groups is 1. The molecule has 1 saturated heterocycles. The Kier molecular flexibility index (Phi) is 6.97. The van der Waals surface area contributed by atoms with E-state index >= 15 is 0 Å². The predicted molar refractivity (Wildman–Crippen MR) is 150 cm³/mol. The quantitative estimate of drug-likeness (QED) is 0.366. The molecule has 0 unspecified atom stereocenters. The Labute approximate surface area is 228 Å². The van der Waals surface area contributed by atoms with Gasteiger partial charge in [0.25, 0.3) is 0 Å². The number of rotatable bonds is 6. The van der Waals surface area contributed by atoms with Gasteiger partial charge in [0, 0.05) is 12.0 Å². The van der Waals surface area contributed by atoms with Crippen molar-refractivity contribution in [3.05, 3.63) is 41.0 Å². The van der Waals surface area contributed by atoms with Gasteiger partial charge in [-0.25, -0.2) is 0 Å². The largest absolute Gasteiger partial charge is 0.493 e. The van der Waals surface area contributed by atoms with Crippen molar-refractivity contribution in [1.29, 1.82) is 0 Å². The molecule has 1 N–H and O–H groups in total. The highest BCUT2D eigenvalue weighted by Gasteiger charge is 2.59. The van der Waals surface area contributed by atoms with Crippen LogP contribution in [0.3, 0.4) is 0 Å². The lowest BCUT2D eigenvalue weighted by Gasteiger charge is -2.56. The summed E-state index contributed by atoms with van der Waals surface area (Å²) in [6.07, 6.45) is 13.8. The number of carbonyl (C=O) groups is 1. The van der Waals surface area contributed by atoms with Gasteiger partial charge in [0.1, 0.15) is 6.61 Å². The molecule has 0 amide bonds. The van der Waals surface area contributed by atoms with Crippen molar-refractivity contribution in [2.75, 3.05) is 33.4 Å². The average Bonchev–Trinajstić information content (AvgIpc) is 3.52. The van der Waals surface area contributed by atoms with Crippen molar-refractivity contribution in [2.45, 2.75) is 77.7 Å². The van der Waals surface area contributed by atoms with E-state index in [1.165, 1.54) is 31.5 Å². The van der Waals surface area contributed by atoms with E-state index in [0.29, 0.717) is 30.1 Å². The van der Waals surface area contributed by atoms with Gasteiger partial charge in [-0.15, -0.1) is 0 Å². The van der Waals surface area contributed by atoms with Gasteiger partial charge in [0.2, 0.25) is 0 Å². The zero-order valence-corrected chi connectivity index (χ0v) is 23.5. The summed E-state index contributed by atoms with van der Waals surface area (Å²) in [6, 6.07) is 6.07. The number of carbonyl (C=O) groups excluding carboxylic acids is 1. The highest BCUT2D eigenvalue weighted by atomic mass is 16.5. The smallest absolute Gasteiger partial charge is 0.165 e. The SMILES string of the molecule is COc1cc(/C=C2/C[C@H]3[C@@H]4CC=C5C[C@@H](O)CC[C@]5(C)[C@H]4CC[C@]3(C)C2=O)ccc1OCCN1CCCC1. The fourth-order valence-electron chi connectivity index (χ4n) is 8.83. The van der Waals surface area contributed by atoms with Crippen molar-refractivity contribution in [3.8, 4) is 11.5 Å². The third-order valence-corrected chi connectivity index (χ3v) is 11.1. The Bertz CT molecular complexity index is 1130. The molecule has 5 heteroatoms. The number of benzene rings is 1. The normalized spacial score (nSPS) is 37.9. The number of likely N-dealkylation sites (tertiary alicyclic amines) is 1. The summed E-state index contributed by atoms with van der Waals surface area (Å²) in [6.45, 7) is 8.62. The highest BCUT2D eigenvalue weighted by molar-refractivity contribution is 6.06. The summed E-state index contributed by atoms with van der Waals surface area (Å²) >= 11 is 0. The molecule has 6 atom stereocenters. The van der Waals surface area contributed by atoms with Crippen molar-refractivity contribution in [2.24, 2.45) is 28.6 Å².